The highest BCUT2D eigenvalue weighted by molar-refractivity contribution is 14.1. The van der Waals surface area contributed by atoms with E-state index >= 15 is 0 Å². The minimum Gasteiger partial charge on any atom is -0.390 e. The number of aromatic nitrogens is 2. The second-order valence-electron chi connectivity index (χ2n) is 2.93. The van der Waals surface area contributed by atoms with Crippen LogP contribution in [0.4, 0.5) is 5.95 Å². The van der Waals surface area contributed by atoms with Crippen molar-refractivity contribution in [3.05, 3.63) is 22.5 Å². The number of aliphatic hydroxyl groups is 2. The summed E-state index contributed by atoms with van der Waals surface area (Å²) >= 11 is 1.92. The molecule has 7 nitrogen and oxygen atoms in total. The van der Waals surface area contributed by atoms with Gasteiger partial charge in [0.2, 0.25) is 0 Å². The van der Waals surface area contributed by atoms with E-state index in [0.717, 1.165) is 0 Å². The minimum absolute atomic E-state index is 0.0412. The van der Waals surface area contributed by atoms with Gasteiger partial charge in [0.25, 0.3) is 0 Å². The lowest BCUT2D eigenvalue weighted by molar-refractivity contribution is -0.397. The Morgan fingerprint density at radius 3 is 2.80 bits per heavy atom. The summed E-state index contributed by atoms with van der Waals surface area (Å²) in [7, 11) is 0. The Hall–Kier alpha value is -0.740. The Labute approximate surface area is 99.0 Å². The van der Waals surface area contributed by atoms with Crippen molar-refractivity contribution < 1.29 is 15.1 Å². The Bertz CT molecular complexity index is 343. The zero-order chi connectivity index (χ0) is 11.4. The molecule has 2 atom stereocenters. The molecule has 0 amide bonds. The molecule has 0 aromatic carbocycles. The highest BCUT2D eigenvalue weighted by atomic mass is 127. The van der Waals surface area contributed by atoms with Crippen LogP contribution in [-0.4, -0.2) is 41.3 Å². The van der Waals surface area contributed by atoms with Gasteiger partial charge < -0.3 is 20.3 Å². The normalized spacial score (nSPS) is 14.9. The van der Waals surface area contributed by atoms with Crippen molar-refractivity contribution in [1.82, 2.24) is 9.55 Å². The Kier molecular flexibility index (Phi) is 4.42. The highest BCUT2D eigenvalue weighted by Gasteiger charge is 2.21. The maximum absolute atomic E-state index is 10.5. The van der Waals surface area contributed by atoms with Crippen molar-refractivity contribution in [3.63, 3.8) is 0 Å². The fourth-order valence-electron chi connectivity index (χ4n) is 1.04. The molecule has 1 heterocycles. The van der Waals surface area contributed by atoms with Gasteiger partial charge in [-0.15, -0.1) is 0 Å². The minimum atomic E-state index is -1.03. The quantitative estimate of drug-likeness (QED) is 0.342. The van der Waals surface area contributed by atoms with E-state index in [-0.39, 0.29) is 12.5 Å². The van der Waals surface area contributed by atoms with E-state index in [9.17, 15) is 20.3 Å². The van der Waals surface area contributed by atoms with Gasteiger partial charge in [-0.1, -0.05) is 27.6 Å². The molecule has 1 aromatic heterocycles. The van der Waals surface area contributed by atoms with Crippen molar-refractivity contribution in [2.45, 2.75) is 18.8 Å². The average Bonchev–Trinajstić information content (AvgIpc) is 2.64. The largest absolute Gasteiger partial charge is 0.434 e. The summed E-state index contributed by atoms with van der Waals surface area (Å²) in [4.78, 5) is 13.4. The molecule has 0 saturated heterocycles. The number of imidazole rings is 1. The number of aliphatic hydroxyl groups excluding tert-OH is 2. The van der Waals surface area contributed by atoms with Crippen molar-refractivity contribution >= 4 is 28.5 Å². The standard InChI is InChI=1S/C7H10IN3O4/c8-3-5(12)6(13)4-10-2-1-9-7(10)11(14)15/h1-2,5-6,12-13H,3-4H2. The third kappa shape index (κ3) is 3.11. The van der Waals surface area contributed by atoms with E-state index in [0.29, 0.717) is 4.43 Å². The number of hydrogen-bond acceptors (Lipinski definition) is 5. The van der Waals surface area contributed by atoms with Crippen LogP contribution >= 0.6 is 22.6 Å². The molecule has 0 aliphatic heterocycles. The molecular formula is C7H10IN3O4. The van der Waals surface area contributed by atoms with E-state index in [2.05, 4.69) is 4.98 Å². The lowest BCUT2D eigenvalue weighted by Gasteiger charge is -2.14. The molecule has 2 unspecified atom stereocenters. The average molecular weight is 327 g/mol. The molecule has 0 aliphatic carbocycles. The first kappa shape index (κ1) is 12.3. The molecule has 8 heteroatoms. The van der Waals surface area contributed by atoms with Crippen LogP contribution in [-0.2, 0) is 6.54 Å². The Morgan fingerprint density at radius 2 is 2.27 bits per heavy atom. The third-order valence-electron chi connectivity index (χ3n) is 1.84. The molecule has 0 radical (unpaired) electrons. The first-order chi connectivity index (χ1) is 7.06. The van der Waals surface area contributed by atoms with Gasteiger partial charge in [-0.05, 0) is 4.92 Å². The van der Waals surface area contributed by atoms with Gasteiger partial charge >= 0.3 is 5.95 Å². The van der Waals surface area contributed by atoms with Gasteiger partial charge in [-0.25, -0.2) is 4.57 Å². The van der Waals surface area contributed by atoms with Crippen LogP contribution in [0.25, 0.3) is 0 Å². The molecule has 0 aliphatic rings. The van der Waals surface area contributed by atoms with Gasteiger partial charge in [-0.2, -0.15) is 0 Å². The summed E-state index contributed by atoms with van der Waals surface area (Å²) in [6.45, 7) is -0.0412. The van der Waals surface area contributed by atoms with E-state index < -0.39 is 17.1 Å². The second-order valence-corrected chi connectivity index (χ2v) is 3.81. The first-order valence-electron chi connectivity index (χ1n) is 4.14. The van der Waals surface area contributed by atoms with Crippen molar-refractivity contribution in [3.8, 4) is 0 Å². The van der Waals surface area contributed by atoms with Crippen LogP contribution in [0.15, 0.2) is 12.4 Å². The molecule has 0 spiro atoms. The summed E-state index contributed by atoms with van der Waals surface area (Å²) in [5.74, 6) is -0.338. The summed E-state index contributed by atoms with van der Waals surface area (Å²) in [6, 6.07) is 0. The van der Waals surface area contributed by atoms with E-state index in [1.165, 1.54) is 17.0 Å². The SMILES string of the molecule is O=[N+]([O-])c1nccn1CC(O)C(O)CI. The summed E-state index contributed by atoms with van der Waals surface area (Å²) < 4.78 is 1.56. The molecule has 15 heavy (non-hydrogen) atoms. The molecular weight excluding hydrogens is 317 g/mol. The monoisotopic (exact) mass is 327 g/mol. The molecule has 1 aromatic rings. The van der Waals surface area contributed by atoms with Crippen LogP contribution in [0.1, 0.15) is 0 Å². The maximum Gasteiger partial charge on any atom is 0.434 e. The lowest BCUT2D eigenvalue weighted by Crippen LogP contribution is -2.31. The van der Waals surface area contributed by atoms with Crippen LogP contribution in [0.2, 0.25) is 0 Å². The second kappa shape index (κ2) is 5.37. The van der Waals surface area contributed by atoms with Gasteiger partial charge in [0.15, 0.2) is 0 Å². The number of hydrogen-bond donors (Lipinski definition) is 2. The summed E-state index contributed by atoms with van der Waals surface area (Å²) in [5.41, 5.74) is 0. The Balaban J connectivity index is 2.72. The van der Waals surface area contributed by atoms with E-state index in [1.807, 2.05) is 22.6 Å². The predicted molar refractivity (Wildman–Crippen MR) is 59.8 cm³/mol. The van der Waals surface area contributed by atoms with Gasteiger partial charge in [0.05, 0.1) is 6.10 Å². The lowest BCUT2D eigenvalue weighted by atomic mass is 10.2. The zero-order valence-corrected chi connectivity index (χ0v) is 9.81. The number of nitro groups is 1. The van der Waals surface area contributed by atoms with Crippen LogP contribution in [0.5, 0.6) is 0 Å². The molecule has 0 fully saturated rings. The number of nitrogens with zero attached hydrogens (tertiary/aromatic N) is 3. The smallest absolute Gasteiger partial charge is 0.390 e. The number of rotatable bonds is 5. The first-order valence-corrected chi connectivity index (χ1v) is 5.66. The van der Waals surface area contributed by atoms with Crippen molar-refractivity contribution in [2.24, 2.45) is 0 Å². The fourth-order valence-corrected chi connectivity index (χ4v) is 1.63. The number of halogens is 1. The fraction of sp³-hybridized carbons (Fsp3) is 0.571. The van der Waals surface area contributed by atoms with Crippen LogP contribution in [0, 0.1) is 10.1 Å². The molecule has 84 valence electrons. The van der Waals surface area contributed by atoms with Gasteiger partial charge in [0, 0.05) is 4.43 Å². The van der Waals surface area contributed by atoms with Crippen molar-refractivity contribution in [1.29, 1.82) is 0 Å². The summed E-state index contributed by atoms with van der Waals surface area (Å²) in [5, 5.41) is 29.2. The van der Waals surface area contributed by atoms with Gasteiger partial charge in [-0.3, -0.25) is 0 Å². The Morgan fingerprint density at radius 1 is 1.60 bits per heavy atom. The van der Waals surface area contributed by atoms with Crippen molar-refractivity contribution in [2.75, 3.05) is 4.43 Å². The zero-order valence-electron chi connectivity index (χ0n) is 7.65. The molecule has 0 bridgehead atoms. The molecule has 0 saturated carbocycles. The maximum atomic E-state index is 10.5. The summed E-state index contributed by atoms with van der Waals surface area (Å²) in [6.07, 6.45) is 0.741. The van der Waals surface area contributed by atoms with Crippen LogP contribution in [0.3, 0.4) is 0 Å². The van der Waals surface area contributed by atoms with E-state index in [4.69, 9.17) is 0 Å². The topological polar surface area (TPSA) is 101 Å². The number of alkyl halides is 1. The molecule has 1 rings (SSSR count). The van der Waals surface area contributed by atoms with E-state index in [1.54, 1.807) is 0 Å². The molecule has 2 N–H and O–H groups in total. The van der Waals surface area contributed by atoms with Crippen LogP contribution < -0.4 is 0 Å². The predicted octanol–water partition coefficient (Wildman–Crippen LogP) is -0.0519. The third-order valence-corrected chi connectivity index (χ3v) is 2.75. The highest BCUT2D eigenvalue weighted by Crippen LogP contribution is 2.10. The van der Waals surface area contributed by atoms with Gasteiger partial charge in [0.1, 0.15) is 25.0 Å².